The molecule has 0 saturated heterocycles. The Hall–Kier alpha value is -2.17. The quantitative estimate of drug-likeness (QED) is 0.834. The van der Waals surface area contributed by atoms with Gasteiger partial charge in [0.1, 0.15) is 0 Å². The van der Waals surface area contributed by atoms with E-state index >= 15 is 0 Å². The van der Waals surface area contributed by atoms with Crippen LogP contribution >= 0.6 is 0 Å². The van der Waals surface area contributed by atoms with Crippen LogP contribution in [0.3, 0.4) is 0 Å². The lowest BCUT2D eigenvalue weighted by Crippen LogP contribution is -2.41. The molecule has 5 nitrogen and oxygen atoms in total. The SMILES string of the molecule is CC1CCCCC1NC(=O)c1ccncc1C=CC(=O)O. The molecule has 1 saturated carbocycles. The monoisotopic (exact) mass is 288 g/mol. The smallest absolute Gasteiger partial charge is 0.328 e. The minimum atomic E-state index is -1.05. The first-order valence-corrected chi connectivity index (χ1v) is 7.24. The van der Waals surface area contributed by atoms with Gasteiger partial charge in [0.2, 0.25) is 0 Å². The number of amides is 1. The highest BCUT2D eigenvalue weighted by Crippen LogP contribution is 2.24. The molecule has 0 spiro atoms. The number of pyridine rings is 1. The fraction of sp³-hybridized carbons (Fsp3) is 0.438. The highest BCUT2D eigenvalue weighted by molar-refractivity contribution is 5.98. The number of carboxylic acid groups (broad SMARTS) is 1. The molecule has 2 rings (SSSR count). The number of rotatable bonds is 4. The summed E-state index contributed by atoms with van der Waals surface area (Å²) in [5.74, 6) is -0.741. The molecule has 0 aliphatic heterocycles. The molecule has 2 N–H and O–H groups in total. The van der Waals surface area contributed by atoms with Crippen molar-refractivity contribution in [1.82, 2.24) is 10.3 Å². The van der Waals surface area contributed by atoms with Gasteiger partial charge in [-0.05, 0) is 30.9 Å². The van der Waals surface area contributed by atoms with Crippen molar-refractivity contribution in [3.05, 3.63) is 35.7 Å². The predicted molar refractivity (Wildman–Crippen MR) is 79.8 cm³/mol. The van der Waals surface area contributed by atoms with Crippen molar-refractivity contribution in [3.63, 3.8) is 0 Å². The van der Waals surface area contributed by atoms with Gasteiger partial charge in [-0.25, -0.2) is 4.79 Å². The summed E-state index contributed by atoms with van der Waals surface area (Å²) in [6, 6.07) is 1.81. The van der Waals surface area contributed by atoms with Gasteiger partial charge in [0.25, 0.3) is 5.91 Å². The Morgan fingerprint density at radius 1 is 1.38 bits per heavy atom. The minimum absolute atomic E-state index is 0.166. The Kier molecular flexibility index (Phi) is 5.09. The fourth-order valence-electron chi connectivity index (χ4n) is 2.68. The average molecular weight is 288 g/mol. The molecular formula is C16H20N2O3. The molecule has 0 bridgehead atoms. The van der Waals surface area contributed by atoms with Crippen LogP contribution in [0.25, 0.3) is 6.08 Å². The number of carboxylic acids is 1. The fourth-order valence-corrected chi connectivity index (χ4v) is 2.68. The van der Waals surface area contributed by atoms with Crippen LogP contribution in [0, 0.1) is 5.92 Å². The Labute approximate surface area is 124 Å². The Morgan fingerprint density at radius 3 is 2.86 bits per heavy atom. The molecule has 0 radical (unpaired) electrons. The van der Waals surface area contributed by atoms with Gasteiger partial charge in [0.15, 0.2) is 0 Å². The van der Waals surface area contributed by atoms with E-state index < -0.39 is 5.97 Å². The molecule has 1 heterocycles. The van der Waals surface area contributed by atoms with Gasteiger partial charge in [-0.3, -0.25) is 9.78 Å². The van der Waals surface area contributed by atoms with E-state index in [1.54, 1.807) is 6.07 Å². The maximum Gasteiger partial charge on any atom is 0.328 e. The van der Waals surface area contributed by atoms with Crippen LogP contribution in [-0.2, 0) is 4.79 Å². The number of aromatic nitrogens is 1. The Bertz CT molecular complexity index is 554. The largest absolute Gasteiger partial charge is 0.478 e. The second-order valence-electron chi connectivity index (χ2n) is 5.48. The van der Waals surface area contributed by atoms with Crippen LogP contribution < -0.4 is 5.32 Å². The van der Waals surface area contributed by atoms with Crippen molar-refractivity contribution in [3.8, 4) is 0 Å². The molecule has 0 aromatic carbocycles. The summed E-state index contributed by atoms with van der Waals surface area (Å²) >= 11 is 0. The number of carbonyl (C=O) groups excluding carboxylic acids is 1. The first kappa shape index (κ1) is 15.2. The number of nitrogens with one attached hydrogen (secondary N) is 1. The molecule has 21 heavy (non-hydrogen) atoms. The summed E-state index contributed by atoms with van der Waals surface area (Å²) in [4.78, 5) is 27.0. The Morgan fingerprint density at radius 2 is 2.14 bits per heavy atom. The lowest BCUT2D eigenvalue weighted by atomic mass is 9.86. The molecule has 5 heteroatoms. The number of nitrogens with zero attached hydrogens (tertiary/aromatic N) is 1. The van der Waals surface area contributed by atoms with E-state index in [1.807, 2.05) is 0 Å². The van der Waals surface area contributed by atoms with Gasteiger partial charge in [0, 0.05) is 35.6 Å². The highest BCUT2D eigenvalue weighted by atomic mass is 16.4. The zero-order valence-corrected chi connectivity index (χ0v) is 12.1. The molecule has 1 amide bonds. The molecule has 2 unspecified atom stereocenters. The molecule has 1 aliphatic rings. The average Bonchev–Trinajstić information content (AvgIpc) is 2.47. The summed E-state index contributed by atoms with van der Waals surface area (Å²) in [6.07, 6.45) is 9.93. The summed E-state index contributed by atoms with van der Waals surface area (Å²) in [6.45, 7) is 2.15. The highest BCUT2D eigenvalue weighted by Gasteiger charge is 2.23. The summed E-state index contributed by atoms with van der Waals surface area (Å²) in [7, 11) is 0. The van der Waals surface area contributed by atoms with Crippen molar-refractivity contribution in [2.45, 2.75) is 38.6 Å². The number of hydrogen-bond donors (Lipinski definition) is 2. The van der Waals surface area contributed by atoms with Crippen LogP contribution in [0.4, 0.5) is 0 Å². The van der Waals surface area contributed by atoms with Gasteiger partial charge in [-0.15, -0.1) is 0 Å². The lowest BCUT2D eigenvalue weighted by molar-refractivity contribution is -0.131. The molecule has 112 valence electrons. The zero-order chi connectivity index (χ0) is 15.2. The maximum atomic E-state index is 12.4. The van der Waals surface area contributed by atoms with Crippen molar-refractivity contribution in [2.75, 3.05) is 0 Å². The van der Waals surface area contributed by atoms with E-state index in [-0.39, 0.29) is 11.9 Å². The number of carbonyl (C=O) groups is 2. The van der Waals surface area contributed by atoms with Crippen LogP contribution in [0.2, 0.25) is 0 Å². The molecular weight excluding hydrogens is 268 g/mol. The zero-order valence-electron chi connectivity index (χ0n) is 12.1. The van der Waals surface area contributed by atoms with Gasteiger partial charge in [-0.1, -0.05) is 19.8 Å². The molecule has 1 fully saturated rings. The second-order valence-corrected chi connectivity index (χ2v) is 5.48. The van der Waals surface area contributed by atoms with Gasteiger partial charge >= 0.3 is 5.97 Å². The topological polar surface area (TPSA) is 79.3 Å². The van der Waals surface area contributed by atoms with Crippen molar-refractivity contribution >= 4 is 18.0 Å². The third-order valence-corrected chi connectivity index (χ3v) is 3.93. The van der Waals surface area contributed by atoms with Crippen LogP contribution in [-0.4, -0.2) is 28.0 Å². The molecule has 1 aromatic heterocycles. The van der Waals surface area contributed by atoms with Crippen molar-refractivity contribution < 1.29 is 14.7 Å². The van der Waals surface area contributed by atoms with E-state index in [0.29, 0.717) is 17.0 Å². The van der Waals surface area contributed by atoms with E-state index in [0.717, 1.165) is 25.3 Å². The summed E-state index contributed by atoms with van der Waals surface area (Å²) in [5.41, 5.74) is 0.973. The molecule has 1 aromatic rings. The minimum Gasteiger partial charge on any atom is -0.478 e. The predicted octanol–water partition coefficient (Wildman–Crippen LogP) is 2.49. The molecule has 1 aliphatic carbocycles. The maximum absolute atomic E-state index is 12.4. The van der Waals surface area contributed by atoms with Gasteiger partial charge < -0.3 is 10.4 Å². The standard InChI is InChI=1S/C16H20N2O3/c1-11-4-2-3-5-14(11)18-16(21)13-8-9-17-10-12(13)6-7-15(19)20/h6-11,14H,2-5H2,1H3,(H,18,21)(H,19,20). The number of hydrogen-bond acceptors (Lipinski definition) is 3. The number of aliphatic carboxylic acids is 1. The van der Waals surface area contributed by atoms with Gasteiger partial charge in [0.05, 0.1) is 0 Å². The lowest BCUT2D eigenvalue weighted by Gasteiger charge is -2.29. The van der Waals surface area contributed by atoms with E-state index in [9.17, 15) is 9.59 Å². The Balaban J connectivity index is 2.13. The summed E-state index contributed by atoms with van der Waals surface area (Å²) < 4.78 is 0. The van der Waals surface area contributed by atoms with E-state index in [2.05, 4.69) is 17.2 Å². The molecule has 2 atom stereocenters. The van der Waals surface area contributed by atoms with Crippen LogP contribution in [0.5, 0.6) is 0 Å². The normalized spacial score (nSPS) is 22.1. The van der Waals surface area contributed by atoms with Crippen molar-refractivity contribution in [1.29, 1.82) is 0 Å². The summed E-state index contributed by atoms with van der Waals surface area (Å²) in [5, 5.41) is 11.8. The first-order chi connectivity index (χ1) is 10.1. The second kappa shape index (κ2) is 7.02. The van der Waals surface area contributed by atoms with E-state index in [1.165, 1.54) is 24.9 Å². The van der Waals surface area contributed by atoms with Gasteiger partial charge in [-0.2, -0.15) is 0 Å². The van der Waals surface area contributed by atoms with Crippen LogP contribution in [0.15, 0.2) is 24.5 Å². The first-order valence-electron chi connectivity index (χ1n) is 7.24. The third-order valence-electron chi connectivity index (χ3n) is 3.93. The van der Waals surface area contributed by atoms with Crippen molar-refractivity contribution in [2.24, 2.45) is 5.92 Å². The van der Waals surface area contributed by atoms with E-state index in [4.69, 9.17) is 5.11 Å². The third kappa shape index (κ3) is 4.15. The van der Waals surface area contributed by atoms with Crippen LogP contribution in [0.1, 0.15) is 48.5 Å².